The zero-order chi connectivity index (χ0) is 8.27. The fourth-order valence-corrected chi connectivity index (χ4v) is 1.27. The Hall–Kier alpha value is -0.570. The number of esters is 1. The standard InChI is InChI=1S/C8H14O3/c1-6(9)8(10)11-7-4-2-3-5-7/h6-7,9H,2-5H2,1H3. The van der Waals surface area contributed by atoms with E-state index in [-0.39, 0.29) is 6.10 Å². The molecule has 1 fully saturated rings. The Kier molecular flexibility index (Phi) is 2.88. The SMILES string of the molecule is CC(O)C(=O)OC1CCCC1. The average Bonchev–Trinajstić information content (AvgIpc) is 2.39. The number of aliphatic hydroxyl groups is 1. The van der Waals surface area contributed by atoms with Crippen molar-refractivity contribution in [1.82, 2.24) is 0 Å². The fraction of sp³-hybridized carbons (Fsp3) is 0.875. The molecule has 1 rings (SSSR count). The molecule has 0 saturated heterocycles. The molecule has 1 N–H and O–H groups in total. The highest BCUT2D eigenvalue weighted by atomic mass is 16.6. The molecule has 0 amide bonds. The first-order chi connectivity index (χ1) is 5.20. The van der Waals surface area contributed by atoms with Gasteiger partial charge in [-0.25, -0.2) is 4.79 Å². The summed E-state index contributed by atoms with van der Waals surface area (Å²) < 4.78 is 4.98. The molecule has 0 aliphatic heterocycles. The van der Waals surface area contributed by atoms with Crippen molar-refractivity contribution in [3.63, 3.8) is 0 Å². The Balaban J connectivity index is 2.24. The first-order valence-corrected chi connectivity index (χ1v) is 4.08. The van der Waals surface area contributed by atoms with Gasteiger partial charge in [-0.1, -0.05) is 0 Å². The van der Waals surface area contributed by atoms with Crippen molar-refractivity contribution in [2.45, 2.75) is 44.8 Å². The summed E-state index contributed by atoms with van der Waals surface area (Å²) in [6.07, 6.45) is 3.28. The minimum atomic E-state index is -0.976. The van der Waals surface area contributed by atoms with Gasteiger partial charge >= 0.3 is 5.97 Å². The lowest BCUT2D eigenvalue weighted by Gasteiger charge is -2.11. The third kappa shape index (κ3) is 2.50. The van der Waals surface area contributed by atoms with Crippen LogP contribution in [-0.2, 0) is 9.53 Å². The second kappa shape index (κ2) is 3.72. The molecule has 64 valence electrons. The molecule has 0 heterocycles. The maximum Gasteiger partial charge on any atom is 0.334 e. The predicted molar refractivity (Wildman–Crippen MR) is 40.0 cm³/mol. The van der Waals surface area contributed by atoms with Crippen molar-refractivity contribution >= 4 is 5.97 Å². The van der Waals surface area contributed by atoms with Gasteiger partial charge in [0, 0.05) is 0 Å². The van der Waals surface area contributed by atoms with Crippen LogP contribution in [-0.4, -0.2) is 23.3 Å². The summed E-state index contributed by atoms with van der Waals surface area (Å²) in [5.41, 5.74) is 0. The van der Waals surface area contributed by atoms with E-state index in [0.29, 0.717) is 0 Å². The number of carbonyl (C=O) groups is 1. The van der Waals surface area contributed by atoms with E-state index in [4.69, 9.17) is 9.84 Å². The Morgan fingerprint density at radius 2 is 2.09 bits per heavy atom. The van der Waals surface area contributed by atoms with Crippen molar-refractivity contribution < 1.29 is 14.6 Å². The smallest absolute Gasteiger partial charge is 0.334 e. The highest BCUT2D eigenvalue weighted by Gasteiger charge is 2.21. The minimum absolute atomic E-state index is 0.0668. The number of rotatable bonds is 2. The second-order valence-electron chi connectivity index (χ2n) is 3.02. The van der Waals surface area contributed by atoms with Crippen LogP contribution in [0.4, 0.5) is 0 Å². The topological polar surface area (TPSA) is 46.5 Å². The van der Waals surface area contributed by atoms with Crippen molar-refractivity contribution in [2.75, 3.05) is 0 Å². The highest BCUT2D eigenvalue weighted by Crippen LogP contribution is 2.21. The maximum atomic E-state index is 10.8. The maximum absolute atomic E-state index is 10.8. The summed E-state index contributed by atoms with van der Waals surface area (Å²) in [6.45, 7) is 1.43. The number of hydrogen-bond acceptors (Lipinski definition) is 3. The van der Waals surface area contributed by atoms with Crippen LogP contribution in [0.3, 0.4) is 0 Å². The van der Waals surface area contributed by atoms with Gasteiger partial charge in [-0.2, -0.15) is 0 Å². The van der Waals surface area contributed by atoms with Gasteiger partial charge in [0.2, 0.25) is 0 Å². The molecular formula is C8H14O3. The van der Waals surface area contributed by atoms with Crippen molar-refractivity contribution in [1.29, 1.82) is 0 Å². The molecule has 1 aliphatic carbocycles. The molecule has 1 atom stereocenters. The van der Waals surface area contributed by atoms with E-state index in [1.54, 1.807) is 0 Å². The van der Waals surface area contributed by atoms with Gasteiger partial charge in [-0.05, 0) is 32.6 Å². The summed E-state index contributed by atoms with van der Waals surface area (Å²) in [6, 6.07) is 0. The molecule has 11 heavy (non-hydrogen) atoms. The highest BCUT2D eigenvalue weighted by molar-refractivity contribution is 5.73. The molecule has 1 aliphatic rings. The van der Waals surface area contributed by atoms with Crippen LogP contribution >= 0.6 is 0 Å². The van der Waals surface area contributed by atoms with Crippen molar-refractivity contribution in [2.24, 2.45) is 0 Å². The average molecular weight is 158 g/mol. The lowest BCUT2D eigenvalue weighted by atomic mass is 10.3. The first kappa shape index (κ1) is 8.53. The van der Waals surface area contributed by atoms with Crippen LogP contribution in [0.2, 0.25) is 0 Å². The number of aliphatic hydroxyl groups excluding tert-OH is 1. The summed E-state index contributed by atoms with van der Waals surface area (Å²) in [4.78, 5) is 10.8. The van der Waals surface area contributed by atoms with Crippen molar-refractivity contribution in [3.8, 4) is 0 Å². The van der Waals surface area contributed by atoms with Crippen molar-refractivity contribution in [3.05, 3.63) is 0 Å². The van der Waals surface area contributed by atoms with E-state index >= 15 is 0 Å². The normalized spacial score (nSPS) is 21.6. The van der Waals surface area contributed by atoms with Crippen LogP contribution in [0.15, 0.2) is 0 Å². The molecule has 0 aromatic carbocycles. The lowest BCUT2D eigenvalue weighted by Crippen LogP contribution is -2.24. The zero-order valence-electron chi connectivity index (χ0n) is 6.75. The van der Waals surface area contributed by atoms with Crippen LogP contribution < -0.4 is 0 Å². The van der Waals surface area contributed by atoms with E-state index in [2.05, 4.69) is 0 Å². The largest absolute Gasteiger partial charge is 0.460 e. The zero-order valence-corrected chi connectivity index (χ0v) is 6.75. The second-order valence-corrected chi connectivity index (χ2v) is 3.02. The Morgan fingerprint density at radius 3 is 2.55 bits per heavy atom. The molecule has 0 aromatic rings. The molecule has 1 unspecified atom stereocenters. The van der Waals surface area contributed by atoms with E-state index in [1.807, 2.05) is 0 Å². The Labute approximate surface area is 66.4 Å². The molecule has 0 radical (unpaired) electrons. The summed E-state index contributed by atoms with van der Waals surface area (Å²) in [5.74, 6) is -0.489. The summed E-state index contributed by atoms with van der Waals surface area (Å²) in [7, 11) is 0. The third-order valence-corrected chi connectivity index (χ3v) is 1.93. The van der Waals surface area contributed by atoms with Gasteiger partial charge in [0.15, 0.2) is 0 Å². The minimum Gasteiger partial charge on any atom is -0.460 e. The summed E-state index contributed by atoms with van der Waals surface area (Å²) >= 11 is 0. The van der Waals surface area contributed by atoms with Gasteiger partial charge < -0.3 is 9.84 Å². The van der Waals surface area contributed by atoms with Crippen LogP contribution in [0.5, 0.6) is 0 Å². The third-order valence-electron chi connectivity index (χ3n) is 1.93. The van der Waals surface area contributed by atoms with Crippen LogP contribution in [0, 0.1) is 0 Å². The monoisotopic (exact) mass is 158 g/mol. The van der Waals surface area contributed by atoms with E-state index in [1.165, 1.54) is 6.92 Å². The molecular weight excluding hydrogens is 144 g/mol. The molecule has 3 nitrogen and oxygen atoms in total. The van der Waals surface area contributed by atoms with Gasteiger partial charge in [-0.3, -0.25) is 0 Å². The van der Waals surface area contributed by atoms with E-state index in [9.17, 15) is 4.79 Å². The number of ether oxygens (including phenoxy) is 1. The fourth-order valence-electron chi connectivity index (χ4n) is 1.27. The molecule has 0 aromatic heterocycles. The molecule has 1 saturated carbocycles. The number of hydrogen-bond donors (Lipinski definition) is 1. The summed E-state index contributed by atoms with van der Waals surface area (Å²) in [5, 5.41) is 8.81. The molecule has 0 spiro atoms. The Bertz CT molecular complexity index is 136. The van der Waals surface area contributed by atoms with Crippen LogP contribution in [0.1, 0.15) is 32.6 Å². The van der Waals surface area contributed by atoms with Gasteiger partial charge in [0.25, 0.3) is 0 Å². The predicted octanol–water partition coefficient (Wildman–Crippen LogP) is 0.853. The quantitative estimate of drug-likeness (QED) is 0.606. The lowest BCUT2D eigenvalue weighted by molar-refractivity contribution is -0.157. The van der Waals surface area contributed by atoms with Gasteiger partial charge in [0.1, 0.15) is 12.2 Å². The first-order valence-electron chi connectivity index (χ1n) is 4.08. The Morgan fingerprint density at radius 1 is 1.55 bits per heavy atom. The van der Waals surface area contributed by atoms with Gasteiger partial charge in [0.05, 0.1) is 0 Å². The molecule has 3 heteroatoms. The number of carbonyl (C=O) groups excluding carboxylic acids is 1. The van der Waals surface area contributed by atoms with Gasteiger partial charge in [-0.15, -0.1) is 0 Å². The molecule has 0 bridgehead atoms. The van der Waals surface area contributed by atoms with E-state index < -0.39 is 12.1 Å². The van der Waals surface area contributed by atoms with Crippen LogP contribution in [0.25, 0.3) is 0 Å². The van der Waals surface area contributed by atoms with E-state index in [0.717, 1.165) is 25.7 Å².